The largest absolute Gasteiger partial charge is 0.265 e. The first kappa shape index (κ1) is 9.47. The molecule has 0 aliphatic rings. The number of rotatable bonds is 2. The van der Waals surface area contributed by atoms with Crippen LogP contribution in [0.1, 0.15) is 13.8 Å². The van der Waals surface area contributed by atoms with Gasteiger partial charge in [-0.1, -0.05) is 5.92 Å². The fourth-order valence-electron chi connectivity index (χ4n) is 0.490. The molecule has 0 aliphatic carbocycles. The first-order valence-electron chi connectivity index (χ1n) is 2.76. The Bertz CT molecular complexity index is 242. The second-order valence-electron chi connectivity index (χ2n) is 1.84. The highest BCUT2D eigenvalue weighted by atomic mass is 32.2. The summed E-state index contributed by atoms with van der Waals surface area (Å²) >= 11 is 0. The molecule has 0 rings (SSSR count). The van der Waals surface area contributed by atoms with E-state index in [4.69, 9.17) is 0 Å². The van der Waals surface area contributed by atoms with Crippen LogP contribution in [0.5, 0.6) is 0 Å². The quantitative estimate of drug-likeness (QED) is 0.435. The standard InChI is InChI=1S/C6H10O3S/c1-4-5-6(2)9-10(3,7)8/h6H,1-3H3. The van der Waals surface area contributed by atoms with Crippen molar-refractivity contribution in [3.8, 4) is 11.8 Å². The summed E-state index contributed by atoms with van der Waals surface area (Å²) in [7, 11) is -3.35. The number of hydrogen-bond acceptors (Lipinski definition) is 3. The van der Waals surface area contributed by atoms with E-state index in [1.165, 1.54) is 0 Å². The van der Waals surface area contributed by atoms with Crippen molar-refractivity contribution in [3.63, 3.8) is 0 Å². The summed E-state index contributed by atoms with van der Waals surface area (Å²) in [5.41, 5.74) is 0. The molecule has 0 aromatic carbocycles. The minimum Gasteiger partial charge on any atom is -0.254 e. The molecule has 58 valence electrons. The van der Waals surface area contributed by atoms with Crippen molar-refractivity contribution in [2.24, 2.45) is 0 Å². The molecular weight excluding hydrogens is 152 g/mol. The average molecular weight is 162 g/mol. The van der Waals surface area contributed by atoms with Crippen LogP contribution >= 0.6 is 0 Å². The predicted octanol–water partition coefficient (Wildman–Crippen LogP) is 0.374. The van der Waals surface area contributed by atoms with E-state index in [2.05, 4.69) is 16.0 Å². The summed E-state index contributed by atoms with van der Waals surface area (Å²) < 4.78 is 25.3. The zero-order valence-corrected chi connectivity index (χ0v) is 7.03. The molecule has 1 unspecified atom stereocenters. The molecule has 0 aromatic rings. The molecule has 0 bridgehead atoms. The Morgan fingerprint density at radius 1 is 1.50 bits per heavy atom. The Balaban J connectivity index is 4.01. The third-order valence-corrected chi connectivity index (χ3v) is 1.30. The second kappa shape index (κ2) is 3.59. The van der Waals surface area contributed by atoms with Gasteiger partial charge >= 0.3 is 0 Å². The van der Waals surface area contributed by atoms with Gasteiger partial charge in [0.05, 0.1) is 6.26 Å². The van der Waals surface area contributed by atoms with E-state index in [1.54, 1.807) is 13.8 Å². The molecule has 0 aliphatic heterocycles. The highest BCUT2D eigenvalue weighted by Gasteiger charge is 2.05. The maximum atomic E-state index is 10.4. The van der Waals surface area contributed by atoms with Gasteiger partial charge in [-0.3, -0.25) is 4.18 Å². The highest BCUT2D eigenvalue weighted by molar-refractivity contribution is 7.86. The summed E-state index contributed by atoms with van der Waals surface area (Å²) in [5, 5.41) is 0. The van der Waals surface area contributed by atoms with Gasteiger partial charge in [-0.25, -0.2) is 0 Å². The third-order valence-electron chi connectivity index (χ3n) is 0.667. The normalized spacial score (nSPS) is 13.5. The maximum Gasteiger partial charge on any atom is 0.265 e. The topological polar surface area (TPSA) is 43.4 Å². The van der Waals surface area contributed by atoms with Gasteiger partial charge in [-0.15, -0.1) is 5.92 Å². The summed E-state index contributed by atoms with van der Waals surface area (Å²) in [5.74, 6) is 5.10. The molecule has 0 saturated carbocycles. The lowest BCUT2D eigenvalue weighted by atomic mass is 10.4. The van der Waals surface area contributed by atoms with Crippen LogP contribution in [-0.2, 0) is 14.3 Å². The van der Waals surface area contributed by atoms with Crippen LogP contribution in [0.15, 0.2) is 0 Å². The van der Waals surface area contributed by atoms with E-state index >= 15 is 0 Å². The van der Waals surface area contributed by atoms with Crippen LogP contribution in [0.3, 0.4) is 0 Å². The molecule has 0 amide bonds. The molecule has 0 saturated heterocycles. The zero-order chi connectivity index (χ0) is 8.20. The van der Waals surface area contributed by atoms with Gasteiger partial charge in [0, 0.05) is 0 Å². The van der Waals surface area contributed by atoms with E-state index < -0.39 is 16.2 Å². The smallest absolute Gasteiger partial charge is 0.254 e. The minimum atomic E-state index is -3.35. The van der Waals surface area contributed by atoms with Crippen LogP contribution in [-0.4, -0.2) is 20.8 Å². The highest BCUT2D eigenvalue weighted by Crippen LogP contribution is 1.93. The lowest BCUT2D eigenvalue weighted by Crippen LogP contribution is -2.11. The van der Waals surface area contributed by atoms with Crippen LogP contribution in [0.4, 0.5) is 0 Å². The van der Waals surface area contributed by atoms with Crippen molar-refractivity contribution < 1.29 is 12.6 Å². The minimum absolute atomic E-state index is 0.542. The van der Waals surface area contributed by atoms with E-state index in [0.29, 0.717) is 0 Å². The Hall–Kier alpha value is -0.530. The van der Waals surface area contributed by atoms with Crippen LogP contribution < -0.4 is 0 Å². The van der Waals surface area contributed by atoms with E-state index in [1.807, 2.05) is 0 Å². The summed E-state index contributed by atoms with van der Waals surface area (Å²) in [4.78, 5) is 0. The Morgan fingerprint density at radius 2 is 2.00 bits per heavy atom. The van der Waals surface area contributed by atoms with Gasteiger partial charge in [0.25, 0.3) is 10.1 Å². The van der Waals surface area contributed by atoms with Gasteiger partial charge in [0.2, 0.25) is 0 Å². The molecule has 0 fully saturated rings. The number of hydrogen-bond donors (Lipinski definition) is 0. The molecule has 0 N–H and O–H groups in total. The average Bonchev–Trinajstić information content (AvgIpc) is 1.59. The lowest BCUT2D eigenvalue weighted by Gasteiger charge is -2.01. The molecule has 1 atom stereocenters. The zero-order valence-electron chi connectivity index (χ0n) is 6.21. The molecule has 0 spiro atoms. The summed E-state index contributed by atoms with van der Waals surface area (Å²) in [6.07, 6.45) is 0.459. The van der Waals surface area contributed by atoms with E-state index in [0.717, 1.165) is 6.26 Å². The second-order valence-corrected chi connectivity index (χ2v) is 3.44. The first-order chi connectivity index (χ1) is 4.45. The summed E-state index contributed by atoms with van der Waals surface area (Å²) in [6, 6.07) is 0. The van der Waals surface area contributed by atoms with Gasteiger partial charge in [-0.05, 0) is 13.8 Å². The molecule has 0 radical (unpaired) electrons. The third kappa shape index (κ3) is 5.60. The van der Waals surface area contributed by atoms with Crippen molar-refractivity contribution >= 4 is 10.1 Å². The van der Waals surface area contributed by atoms with Gasteiger partial charge in [0.15, 0.2) is 0 Å². The van der Waals surface area contributed by atoms with Crippen molar-refractivity contribution in [1.82, 2.24) is 0 Å². The van der Waals surface area contributed by atoms with Crippen molar-refractivity contribution in [3.05, 3.63) is 0 Å². The van der Waals surface area contributed by atoms with E-state index in [9.17, 15) is 8.42 Å². The first-order valence-corrected chi connectivity index (χ1v) is 4.58. The lowest BCUT2D eigenvalue weighted by molar-refractivity contribution is 0.286. The molecular formula is C6H10O3S. The van der Waals surface area contributed by atoms with Crippen molar-refractivity contribution in [2.75, 3.05) is 6.26 Å². The van der Waals surface area contributed by atoms with E-state index in [-0.39, 0.29) is 0 Å². The molecule has 10 heavy (non-hydrogen) atoms. The monoisotopic (exact) mass is 162 g/mol. The van der Waals surface area contributed by atoms with Gasteiger partial charge in [0.1, 0.15) is 6.10 Å². The SMILES string of the molecule is CC#CC(C)OS(C)(=O)=O. The molecule has 0 heterocycles. The Morgan fingerprint density at radius 3 is 2.30 bits per heavy atom. The van der Waals surface area contributed by atoms with Gasteiger partial charge in [-0.2, -0.15) is 8.42 Å². The maximum absolute atomic E-state index is 10.4. The Kier molecular flexibility index (Phi) is 3.40. The van der Waals surface area contributed by atoms with Crippen LogP contribution in [0.25, 0.3) is 0 Å². The fourth-order valence-corrected chi connectivity index (χ4v) is 1.06. The fraction of sp³-hybridized carbons (Fsp3) is 0.667. The van der Waals surface area contributed by atoms with Crippen molar-refractivity contribution in [2.45, 2.75) is 20.0 Å². The predicted molar refractivity (Wildman–Crippen MR) is 38.8 cm³/mol. The summed E-state index contributed by atoms with van der Waals surface area (Å²) in [6.45, 7) is 3.21. The Labute approximate surface area is 61.5 Å². The van der Waals surface area contributed by atoms with Crippen molar-refractivity contribution in [1.29, 1.82) is 0 Å². The molecule has 4 heteroatoms. The van der Waals surface area contributed by atoms with Gasteiger partial charge < -0.3 is 0 Å². The van der Waals surface area contributed by atoms with Crippen LogP contribution in [0.2, 0.25) is 0 Å². The molecule has 3 nitrogen and oxygen atoms in total. The van der Waals surface area contributed by atoms with Crippen LogP contribution in [0, 0.1) is 11.8 Å². The molecule has 0 aromatic heterocycles.